The van der Waals surface area contributed by atoms with Gasteiger partial charge in [-0.2, -0.15) is 8.42 Å². The second-order valence-corrected chi connectivity index (χ2v) is 6.24. The highest BCUT2D eigenvalue weighted by atomic mass is 32.2. The molecule has 1 aromatic rings. The maximum atomic E-state index is 11.7. The van der Waals surface area contributed by atoms with Gasteiger partial charge in [0.15, 0.2) is 0 Å². The third-order valence-corrected chi connectivity index (χ3v) is 4.35. The molecule has 1 heterocycles. The van der Waals surface area contributed by atoms with E-state index in [1.165, 1.54) is 12.1 Å². The minimum atomic E-state index is -3.93. The number of hydrogen-bond donors (Lipinski definition) is 4. The van der Waals surface area contributed by atoms with Crippen LogP contribution in [0, 0.1) is 0 Å². The highest BCUT2D eigenvalue weighted by Gasteiger charge is 2.30. The summed E-state index contributed by atoms with van der Waals surface area (Å²) in [4.78, 5) is 11.1. The van der Waals surface area contributed by atoms with Crippen molar-refractivity contribution in [1.29, 1.82) is 0 Å². The largest absolute Gasteiger partial charge is 0.506 e. The van der Waals surface area contributed by atoms with Crippen LogP contribution in [0.5, 0.6) is 5.75 Å². The van der Waals surface area contributed by atoms with E-state index in [1.807, 2.05) is 4.72 Å². The van der Waals surface area contributed by atoms with Crippen LogP contribution in [0.25, 0.3) is 0 Å². The van der Waals surface area contributed by atoms with Crippen molar-refractivity contribution in [1.82, 2.24) is 10.0 Å². The van der Waals surface area contributed by atoms with Gasteiger partial charge in [-0.25, -0.2) is 9.03 Å². The molecule has 4 N–H and O–H groups in total. The molecule has 22 heavy (non-hydrogen) atoms. The van der Waals surface area contributed by atoms with Gasteiger partial charge in [0.05, 0.1) is 6.20 Å². The molecule has 120 valence electrons. The summed E-state index contributed by atoms with van der Waals surface area (Å²) in [5.74, 6) is -0.822. The van der Waals surface area contributed by atoms with Crippen molar-refractivity contribution in [3.8, 4) is 5.75 Å². The fraction of sp³-hybridized carbons (Fsp3) is 0.308. The molecule has 0 spiro atoms. The second kappa shape index (κ2) is 6.14. The highest BCUT2D eigenvalue weighted by molar-refractivity contribution is 7.91. The zero-order valence-corrected chi connectivity index (χ0v) is 12.7. The first-order valence-electron chi connectivity index (χ1n) is 6.65. The smallest absolute Gasteiger partial charge is 0.330 e. The summed E-state index contributed by atoms with van der Waals surface area (Å²) >= 11 is 0. The Balaban J connectivity index is 2.12. The molecule has 0 radical (unpaired) electrons. The molecule has 1 amide bonds. The SMILES string of the molecule is CCC(=O)NCCc1ccc(N2C=C(O)NS2(=O)=O)c(O)c1. The van der Waals surface area contributed by atoms with Crippen LogP contribution in [0.15, 0.2) is 30.3 Å². The first-order chi connectivity index (χ1) is 10.3. The Morgan fingerprint density at radius 2 is 2.09 bits per heavy atom. The molecule has 0 saturated carbocycles. The summed E-state index contributed by atoms with van der Waals surface area (Å²) in [6.07, 6.45) is 1.87. The summed E-state index contributed by atoms with van der Waals surface area (Å²) in [6.45, 7) is 2.18. The number of anilines is 1. The van der Waals surface area contributed by atoms with Crippen molar-refractivity contribution in [2.75, 3.05) is 10.8 Å². The van der Waals surface area contributed by atoms with E-state index in [4.69, 9.17) is 0 Å². The molecule has 2 rings (SSSR count). The number of amides is 1. The molecule has 1 aromatic carbocycles. The number of hydrogen-bond acceptors (Lipinski definition) is 5. The van der Waals surface area contributed by atoms with Crippen LogP contribution in [-0.2, 0) is 21.4 Å². The normalized spacial score (nSPS) is 16.0. The molecule has 0 fully saturated rings. The maximum Gasteiger partial charge on any atom is 0.330 e. The average molecular weight is 327 g/mol. The van der Waals surface area contributed by atoms with E-state index in [0.717, 1.165) is 16.1 Å². The van der Waals surface area contributed by atoms with Gasteiger partial charge in [-0.3, -0.25) is 4.79 Å². The summed E-state index contributed by atoms with van der Waals surface area (Å²) in [7, 11) is -3.93. The van der Waals surface area contributed by atoms with E-state index in [9.17, 15) is 23.4 Å². The molecular formula is C13H17N3O5S. The van der Waals surface area contributed by atoms with Crippen molar-refractivity contribution in [2.24, 2.45) is 0 Å². The summed E-state index contributed by atoms with van der Waals surface area (Å²) in [5.41, 5.74) is 0.772. The number of phenols is 1. The molecule has 0 unspecified atom stereocenters. The Labute approximate surface area is 128 Å². The maximum absolute atomic E-state index is 11.7. The van der Waals surface area contributed by atoms with Gasteiger partial charge in [0.2, 0.25) is 11.8 Å². The minimum Gasteiger partial charge on any atom is -0.506 e. The Hall–Kier alpha value is -2.42. The van der Waals surface area contributed by atoms with E-state index in [0.29, 0.717) is 19.4 Å². The van der Waals surface area contributed by atoms with Crippen LogP contribution in [0.2, 0.25) is 0 Å². The molecule has 0 saturated heterocycles. The van der Waals surface area contributed by atoms with Gasteiger partial charge >= 0.3 is 10.2 Å². The van der Waals surface area contributed by atoms with Crippen LogP contribution >= 0.6 is 0 Å². The Bertz CT molecular complexity index is 714. The topological polar surface area (TPSA) is 119 Å². The zero-order chi connectivity index (χ0) is 16.3. The number of nitrogens with zero attached hydrogens (tertiary/aromatic N) is 1. The molecule has 0 atom stereocenters. The zero-order valence-electron chi connectivity index (χ0n) is 11.9. The molecular weight excluding hydrogens is 310 g/mol. The van der Waals surface area contributed by atoms with Crippen molar-refractivity contribution < 1.29 is 23.4 Å². The monoisotopic (exact) mass is 327 g/mol. The molecule has 1 aliphatic heterocycles. The van der Waals surface area contributed by atoms with Crippen LogP contribution in [0.1, 0.15) is 18.9 Å². The Kier molecular flexibility index (Phi) is 4.45. The summed E-state index contributed by atoms with van der Waals surface area (Å²) in [5, 5.41) is 21.9. The van der Waals surface area contributed by atoms with Gasteiger partial charge in [-0.15, -0.1) is 0 Å². The predicted molar refractivity (Wildman–Crippen MR) is 80.4 cm³/mol. The molecule has 8 nitrogen and oxygen atoms in total. The van der Waals surface area contributed by atoms with Gasteiger partial charge < -0.3 is 15.5 Å². The predicted octanol–water partition coefficient (Wildman–Crippen LogP) is 0.472. The molecule has 0 aromatic heterocycles. The highest BCUT2D eigenvalue weighted by Crippen LogP contribution is 2.32. The van der Waals surface area contributed by atoms with Crippen molar-refractivity contribution in [3.05, 3.63) is 35.8 Å². The number of phenolic OH excluding ortho intramolecular Hbond substituents is 1. The molecule has 1 aliphatic rings. The van der Waals surface area contributed by atoms with Crippen LogP contribution in [0.3, 0.4) is 0 Å². The number of aliphatic hydroxyl groups excluding tert-OH is 1. The number of aliphatic hydroxyl groups is 1. The first kappa shape index (κ1) is 16.0. The van der Waals surface area contributed by atoms with Gasteiger partial charge in [0.25, 0.3) is 0 Å². The lowest BCUT2D eigenvalue weighted by atomic mass is 10.1. The fourth-order valence-electron chi connectivity index (χ4n) is 1.97. The standard InChI is InChI=1S/C13H17N3O5S/c1-2-12(18)14-6-5-9-3-4-10(11(17)7-9)16-8-13(19)15-22(16,20)21/h3-4,7-8,15,17,19H,2,5-6H2,1H3,(H,14,18). The summed E-state index contributed by atoms with van der Waals surface area (Å²) in [6, 6.07) is 4.50. The summed E-state index contributed by atoms with van der Waals surface area (Å²) < 4.78 is 26.1. The molecule has 9 heteroatoms. The number of aromatic hydroxyl groups is 1. The fourth-order valence-corrected chi connectivity index (χ4v) is 3.04. The van der Waals surface area contributed by atoms with Gasteiger partial charge in [0.1, 0.15) is 11.4 Å². The lowest BCUT2D eigenvalue weighted by Crippen LogP contribution is -2.29. The van der Waals surface area contributed by atoms with E-state index < -0.39 is 16.1 Å². The quantitative estimate of drug-likeness (QED) is 0.627. The van der Waals surface area contributed by atoms with Gasteiger partial charge in [0, 0.05) is 13.0 Å². The van der Waals surface area contributed by atoms with Crippen LogP contribution in [-0.4, -0.2) is 31.1 Å². The first-order valence-corrected chi connectivity index (χ1v) is 8.09. The third-order valence-electron chi connectivity index (χ3n) is 3.07. The van der Waals surface area contributed by atoms with Crippen LogP contribution in [0.4, 0.5) is 5.69 Å². The number of benzene rings is 1. The molecule has 0 bridgehead atoms. The Morgan fingerprint density at radius 1 is 1.36 bits per heavy atom. The van der Waals surface area contributed by atoms with E-state index in [2.05, 4.69) is 5.32 Å². The van der Waals surface area contributed by atoms with Crippen molar-refractivity contribution >= 4 is 21.8 Å². The number of rotatable bonds is 5. The van der Waals surface area contributed by atoms with E-state index in [1.54, 1.807) is 13.0 Å². The number of carbonyl (C=O) groups excluding carboxylic acids is 1. The average Bonchev–Trinajstić information content (AvgIpc) is 2.71. The van der Waals surface area contributed by atoms with Gasteiger partial charge in [-0.1, -0.05) is 13.0 Å². The Morgan fingerprint density at radius 3 is 2.64 bits per heavy atom. The number of nitrogens with one attached hydrogen (secondary N) is 2. The van der Waals surface area contributed by atoms with Crippen LogP contribution < -0.4 is 14.3 Å². The lowest BCUT2D eigenvalue weighted by molar-refractivity contribution is -0.120. The van der Waals surface area contributed by atoms with E-state index >= 15 is 0 Å². The van der Waals surface area contributed by atoms with E-state index in [-0.39, 0.29) is 17.3 Å². The third kappa shape index (κ3) is 3.42. The van der Waals surface area contributed by atoms with Gasteiger partial charge in [-0.05, 0) is 24.1 Å². The lowest BCUT2D eigenvalue weighted by Gasteiger charge is -2.16. The van der Waals surface area contributed by atoms with Crippen molar-refractivity contribution in [3.63, 3.8) is 0 Å². The number of carbonyl (C=O) groups is 1. The molecule has 0 aliphatic carbocycles. The van der Waals surface area contributed by atoms with Crippen molar-refractivity contribution in [2.45, 2.75) is 19.8 Å². The minimum absolute atomic E-state index is 0.0258. The second-order valence-electron chi connectivity index (χ2n) is 4.69.